The monoisotopic (exact) mass is 336 g/mol. The second-order valence-corrected chi connectivity index (χ2v) is 6.03. The van der Waals surface area contributed by atoms with Crippen LogP contribution in [0.5, 0.6) is 0 Å². The van der Waals surface area contributed by atoms with Gasteiger partial charge in [-0.25, -0.2) is 4.98 Å². The number of aryl methyl sites for hydroxylation is 1. The maximum atomic E-state index is 12.6. The average molecular weight is 336 g/mol. The Morgan fingerprint density at radius 3 is 2.72 bits per heavy atom. The van der Waals surface area contributed by atoms with Crippen molar-refractivity contribution in [1.82, 2.24) is 15.3 Å². The molecule has 3 N–H and O–H groups in total. The van der Waals surface area contributed by atoms with Crippen LogP contribution in [0.3, 0.4) is 0 Å². The van der Waals surface area contributed by atoms with Crippen molar-refractivity contribution in [3.8, 4) is 0 Å². The number of aromatic amines is 1. The molecule has 1 atom stereocenters. The maximum Gasteiger partial charge on any atom is 0.248 e. The number of amides is 2. The molecule has 2 aromatic heterocycles. The van der Waals surface area contributed by atoms with Crippen LogP contribution in [-0.4, -0.2) is 27.8 Å². The van der Waals surface area contributed by atoms with Crippen LogP contribution in [0.2, 0.25) is 0 Å². The van der Waals surface area contributed by atoms with Gasteiger partial charge in [0.05, 0.1) is 0 Å². The molecule has 0 aliphatic carbocycles. The van der Waals surface area contributed by atoms with Crippen LogP contribution in [0.15, 0.2) is 48.8 Å². The molecule has 3 aromatic rings. The topological polar surface area (TPSA) is 86.9 Å². The lowest BCUT2D eigenvalue weighted by Crippen LogP contribution is -2.44. The van der Waals surface area contributed by atoms with Gasteiger partial charge in [-0.15, -0.1) is 0 Å². The summed E-state index contributed by atoms with van der Waals surface area (Å²) in [7, 11) is 0. The van der Waals surface area contributed by atoms with Crippen LogP contribution in [-0.2, 0) is 16.0 Å². The fourth-order valence-corrected chi connectivity index (χ4v) is 2.73. The number of benzene rings is 1. The van der Waals surface area contributed by atoms with Gasteiger partial charge in [-0.2, -0.15) is 0 Å². The normalized spacial score (nSPS) is 11.9. The van der Waals surface area contributed by atoms with Crippen LogP contribution in [0.1, 0.15) is 18.1 Å². The molecule has 0 radical (unpaired) electrons. The Bertz CT molecular complexity index is 899. The van der Waals surface area contributed by atoms with Gasteiger partial charge in [-0.05, 0) is 30.2 Å². The van der Waals surface area contributed by atoms with Gasteiger partial charge >= 0.3 is 0 Å². The molecule has 0 aliphatic heterocycles. The molecule has 1 aromatic carbocycles. The standard InChI is InChI=1S/C19H20N4O2/c1-12-7-8-18(21-10-12)23-19(25)17(22-13(2)24)9-14-11-20-16-6-4-3-5-15(14)16/h3-8,10-11,17,20H,9H2,1-2H3,(H,22,24)(H,21,23,25). The number of nitrogens with zero attached hydrogens (tertiary/aromatic N) is 1. The molecule has 25 heavy (non-hydrogen) atoms. The summed E-state index contributed by atoms with van der Waals surface area (Å²) in [6, 6.07) is 10.8. The molecule has 0 bridgehead atoms. The lowest BCUT2D eigenvalue weighted by atomic mass is 10.0. The first-order valence-electron chi connectivity index (χ1n) is 8.08. The van der Waals surface area contributed by atoms with E-state index >= 15 is 0 Å². The number of carbonyl (C=O) groups excluding carboxylic acids is 2. The quantitative estimate of drug-likeness (QED) is 0.669. The fourth-order valence-electron chi connectivity index (χ4n) is 2.73. The number of hydrogen-bond acceptors (Lipinski definition) is 3. The first kappa shape index (κ1) is 16.7. The van der Waals surface area contributed by atoms with Gasteiger partial charge in [-0.1, -0.05) is 24.3 Å². The van der Waals surface area contributed by atoms with Crippen molar-refractivity contribution in [2.75, 3.05) is 5.32 Å². The number of nitrogens with one attached hydrogen (secondary N) is 3. The number of anilines is 1. The van der Waals surface area contributed by atoms with Crippen LogP contribution < -0.4 is 10.6 Å². The molecular formula is C19H20N4O2. The number of aromatic nitrogens is 2. The minimum atomic E-state index is -0.681. The van der Waals surface area contributed by atoms with Crippen molar-refractivity contribution in [2.45, 2.75) is 26.3 Å². The highest BCUT2D eigenvalue weighted by Crippen LogP contribution is 2.19. The van der Waals surface area contributed by atoms with E-state index < -0.39 is 6.04 Å². The number of para-hydroxylation sites is 1. The van der Waals surface area contributed by atoms with Gasteiger partial charge in [-0.3, -0.25) is 9.59 Å². The van der Waals surface area contributed by atoms with Crippen LogP contribution in [0.4, 0.5) is 5.82 Å². The summed E-state index contributed by atoms with van der Waals surface area (Å²) in [6.45, 7) is 3.33. The molecule has 0 fully saturated rings. The third-order valence-corrected chi connectivity index (χ3v) is 3.96. The maximum absolute atomic E-state index is 12.6. The predicted octanol–water partition coefficient (Wildman–Crippen LogP) is 2.56. The summed E-state index contributed by atoms with van der Waals surface area (Å²) in [5.74, 6) is -0.0847. The molecule has 0 saturated heterocycles. The van der Waals surface area contributed by atoms with Crippen molar-refractivity contribution >= 4 is 28.5 Å². The second kappa shape index (κ2) is 7.17. The summed E-state index contributed by atoms with van der Waals surface area (Å²) in [5.41, 5.74) is 2.98. The summed E-state index contributed by atoms with van der Waals surface area (Å²) >= 11 is 0. The minimum absolute atomic E-state index is 0.253. The minimum Gasteiger partial charge on any atom is -0.361 e. The second-order valence-electron chi connectivity index (χ2n) is 6.03. The van der Waals surface area contributed by atoms with Crippen LogP contribution >= 0.6 is 0 Å². The third-order valence-electron chi connectivity index (χ3n) is 3.96. The van der Waals surface area contributed by atoms with Crippen molar-refractivity contribution in [3.05, 3.63) is 59.9 Å². The lowest BCUT2D eigenvalue weighted by molar-refractivity contribution is -0.125. The number of fused-ring (bicyclic) bond motifs is 1. The Kier molecular flexibility index (Phi) is 4.79. The predicted molar refractivity (Wildman–Crippen MR) is 97.2 cm³/mol. The van der Waals surface area contributed by atoms with E-state index in [0.717, 1.165) is 22.0 Å². The number of rotatable bonds is 5. The Morgan fingerprint density at radius 1 is 1.20 bits per heavy atom. The zero-order valence-corrected chi connectivity index (χ0v) is 14.2. The van der Waals surface area contributed by atoms with Crippen molar-refractivity contribution in [1.29, 1.82) is 0 Å². The first-order chi connectivity index (χ1) is 12.0. The highest BCUT2D eigenvalue weighted by molar-refractivity contribution is 5.97. The SMILES string of the molecule is CC(=O)NC(Cc1c[nH]c2ccccc12)C(=O)Nc1ccc(C)cn1. The van der Waals surface area contributed by atoms with E-state index in [9.17, 15) is 9.59 Å². The van der Waals surface area contributed by atoms with Gasteiger partial charge in [0.1, 0.15) is 11.9 Å². The molecule has 2 heterocycles. The van der Waals surface area contributed by atoms with E-state index in [2.05, 4.69) is 20.6 Å². The van der Waals surface area contributed by atoms with Crippen molar-refractivity contribution in [2.24, 2.45) is 0 Å². The molecule has 128 valence electrons. The smallest absolute Gasteiger partial charge is 0.248 e. The van der Waals surface area contributed by atoms with E-state index in [1.807, 2.05) is 43.5 Å². The molecule has 2 amide bonds. The largest absolute Gasteiger partial charge is 0.361 e. The summed E-state index contributed by atoms with van der Waals surface area (Å²) in [4.78, 5) is 31.5. The Labute approximate surface area is 145 Å². The van der Waals surface area contributed by atoms with Gasteiger partial charge in [0.15, 0.2) is 0 Å². The van der Waals surface area contributed by atoms with Gasteiger partial charge < -0.3 is 15.6 Å². The third kappa shape index (κ3) is 4.03. The molecule has 1 unspecified atom stereocenters. The summed E-state index contributed by atoms with van der Waals surface area (Å²) in [6.07, 6.45) is 3.95. The summed E-state index contributed by atoms with van der Waals surface area (Å²) < 4.78 is 0. The first-order valence-corrected chi connectivity index (χ1v) is 8.08. The Balaban J connectivity index is 1.80. The van der Waals surface area contributed by atoms with E-state index in [1.165, 1.54) is 6.92 Å². The fraction of sp³-hybridized carbons (Fsp3) is 0.211. The van der Waals surface area contributed by atoms with E-state index in [1.54, 1.807) is 12.3 Å². The molecule has 6 nitrogen and oxygen atoms in total. The highest BCUT2D eigenvalue weighted by atomic mass is 16.2. The molecule has 0 spiro atoms. The number of hydrogen-bond donors (Lipinski definition) is 3. The Morgan fingerprint density at radius 2 is 2.00 bits per heavy atom. The zero-order chi connectivity index (χ0) is 17.8. The van der Waals surface area contributed by atoms with Crippen LogP contribution in [0.25, 0.3) is 10.9 Å². The molecule has 3 rings (SSSR count). The molecular weight excluding hydrogens is 316 g/mol. The molecule has 6 heteroatoms. The van der Waals surface area contributed by atoms with E-state index in [4.69, 9.17) is 0 Å². The Hall–Kier alpha value is -3.15. The number of pyridine rings is 1. The zero-order valence-electron chi connectivity index (χ0n) is 14.2. The number of H-pyrrole nitrogens is 1. The summed E-state index contributed by atoms with van der Waals surface area (Å²) in [5, 5.41) is 6.52. The van der Waals surface area contributed by atoms with Gasteiger partial charge in [0.2, 0.25) is 11.8 Å². The molecule has 0 saturated carbocycles. The van der Waals surface area contributed by atoms with Crippen molar-refractivity contribution < 1.29 is 9.59 Å². The van der Waals surface area contributed by atoms with Crippen LogP contribution in [0, 0.1) is 6.92 Å². The van der Waals surface area contributed by atoms with E-state index in [-0.39, 0.29) is 11.8 Å². The molecule has 0 aliphatic rings. The van der Waals surface area contributed by atoms with Gasteiger partial charge in [0, 0.05) is 36.6 Å². The average Bonchev–Trinajstić information content (AvgIpc) is 2.99. The van der Waals surface area contributed by atoms with Gasteiger partial charge in [0.25, 0.3) is 0 Å². The van der Waals surface area contributed by atoms with Crippen molar-refractivity contribution in [3.63, 3.8) is 0 Å². The highest BCUT2D eigenvalue weighted by Gasteiger charge is 2.21. The van der Waals surface area contributed by atoms with E-state index in [0.29, 0.717) is 12.2 Å². The lowest BCUT2D eigenvalue weighted by Gasteiger charge is -2.17. The number of carbonyl (C=O) groups is 2.